The van der Waals surface area contributed by atoms with Gasteiger partial charge in [0.05, 0.1) is 10.4 Å². The van der Waals surface area contributed by atoms with Crippen LogP contribution in [0.15, 0.2) is 0 Å². The molecule has 0 heterocycles. The van der Waals surface area contributed by atoms with Gasteiger partial charge in [0.2, 0.25) is 5.91 Å². The molecule has 3 N–H and O–H groups in total. The van der Waals surface area contributed by atoms with Gasteiger partial charge in [-0.05, 0) is 18.8 Å². The third-order valence-corrected chi connectivity index (χ3v) is 3.36. The molecule has 1 unspecified atom stereocenters. The van der Waals surface area contributed by atoms with E-state index in [1.165, 1.54) is 0 Å². The summed E-state index contributed by atoms with van der Waals surface area (Å²) in [5.41, 5.74) is 5.05. The summed E-state index contributed by atoms with van der Waals surface area (Å²) >= 11 is 4.90. The van der Waals surface area contributed by atoms with Crippen molar-refractivity contribution in [3.05, 3.63) is 0 Å². The predicted octanol–water partition coefficient (Wildman–Crippen LogP) is 1.22. The number of thiocarbonyl (C=S) groups is 1. The van der Waals surface area contributed by atoms with Crippen LogP contribution in [0.4, 0.5) is 0 Å². The molecule has 0 aromatic carbocycles. The van der Waals surface area contributed by atoms with E-state index in [0.29, 0.717) is 10.9 Å². The zero-order chi connectivity index (χ0) is 10.8. The Kier molecular flexibility index (Phi) is 3.48. The number of nitrogens with two attached hydrogens (primary N) is 1. The maximum atomic E-state index is 11.7. The Morgan fingerprint density at radius 3 is 2.57 bits per heavy atom. The molecule has 14 heavy (non-hydrogen) atoms. The first-order chi connectivity index (χ1) is 6.53. The monoisotopic (exact) mass is 214 g/mol. The van der Waals surface area contributed by atoms with Crippen LogP contribution in [-0.2, 0) is 4.79 Å². The predicted molar refractivity (Wildman–Crippen MR) is 60.9 cm³/mol. The minimum atomic E-state index is -0.497. The maximum Gasteiger partial charge on any atom is 0.233 e. The number of hydrogen-bond donors (Lipinski definition) is 2. The lowest BCUT2D eigenvalue weighted by molar-refractivity contribution is -0.124. The molecule has 4 heteroatoms. The summed E-state index contributed by atoms with van der Waals surface area (Å²) < 4.78 is 0. The number of carbonyl (C=O) groups is 1. The number of hydrogen-bond acceptors (Lipinski definition) is 2. The first kappa shape index (κ1) is 11.4. The minimum Gasteiger partial charge on any atom is -0.392 e. The number of rotatable bonds is 5. The van der Waals surface area contributed by atoms with Gasteiger partial charge < -0.3 is 11.1 Å². The lowest BCUT2D eigenvalue weighted by Gasteiger charge is -2.15. The standard InChI is InChI=1S/C10H18N2OS/c1-3-7(2)6-12-9(13)10(4-5-10)8(11)14/h7H,3-6H2,1-2H3,(H2,11,14)(H,12,13). The first-order valence-corrected chi connectivity index (χ1v) is 5.52. The van der Waals surface area contributed by atoms with Crippen molar-refractivity contribution in [2.45, 2.75) is 33.1 Å². The van der Waals surface area contributed by atoms with Gasteiger partial charge >= 0.3 is 0 Å². The van der Waals surface area contributed by atoms with Gasteiger partial charge in [0, 0.05) is 6.54 Å². The second kappa shape index (κ2) is 4.26. The number of nitrogens with one attached hydrogen (secondary N) is 1. The van der Waals surface area contributed by atoms with Crippen LogP contribution in [0.3, 0.4) is 0 Å². The Morgan fingerprint density at radius 1 is 1.64 bits per heavy atom. The van der Waals surface area contributed by atoms with E-state index in [2.05, 4.69) is 19.2 Å². The third kappa shape index (κ3) is 2.23. The van der Waals surface area contributed by atoms with Crippen LogP contribution < -0.4 is 11.1 Å². The van der Waals surface area contributed by atoms with Gasteiger partial charge in [0.25, 0.3) is 0 Å². The van der Waals surface area contributed by atoms with Gasteiger partial charge in [0.15, 0.2) is 0 Å². The largest absolute Gasteiger partial charge is 0.392 e. The molecular formula is C10H18N2OS. The maximum absolute atomic E-state index is 11.7. The smallest absolute Gasteiger partial charge is 0.233 e. The summed E-state index contributed by atoms with van der Waals surface area (Å²) in [6.07, 6.45) is 2.70. The summed E-state index contributed by atoms with van der Waals surface area (Å²) in [6.45, 7) is 4.94. The van der Waals surface area contributed by atoms with Crippen LogP contribution in [0, 0.1) is 11.3 Å². The Hall–Kier alpha value is -0.640. The first-order valence-electron chi connectivity index (χ1n) is 5.11. The van der Waals surface area contributed by atoms with Crippen LogP contribution in [0.5, 0.6) is 0 Å². The Labute approximate surface area is 90.4 Å². The Bertz CT molecular complexity index is 249. The van der Waals surface area contributed by atoms with E-state index in [1.807, 2.05) is 0 Å². The molecule has 1 amide bonds. The average Bonchev–Trinajstić information content (AvgIpc) is 2.94. The highest BCUT2D eigenvalue weighted by molar-refractivity contribution is 7.80. The molecule has 0 saturated heterocycles. The number of carbonyl (C=O) groups excluding carboxylic acids is 1. The lowest BCUT2D eigenvalue weighted by atomic mass is 10.1. The van der Waals surface area contributed by atoms with Gasteiger partial charge in [-0.2, -0.15) is 0 Å². The molecule has 3 nitrogen and oxygen atoms in total. The summed E-state index contributed by atoms with van der Waals surface area (Å²) in [5.74, 6) is 0.534. The van der Waals surface area contributed by atoms with Crippen molar-refractivity contribution in [2.75, 3.05) is 6.54 Å². The summed E-state index contributed by atoms with van der Waals surface area (Å²) in [7, 11) is 0. The Balaban J connectivity index is 2.39. The molecule has 1 fully saturated rings. The zero-order valence-corrected chi connectivity index (χ0v) is 9.62. The molecule has 1 atom stereocenters. The summed E-state index contributed by atoms with van der Waals surface area (Å²) in [5, 5.41) is 2.91. The van der Waals surface area contributed by atoms with Crippen LogP contribution in [0.25, 0.3) is 0 Å². The molecule has 0 aromatic heterocycles. The van der Waals surface area contributed by atoms with Gasteiger partial charge in [-0.1, -0.05) is 32.5 Å². The minimum absolute atomic E-state index is 0.0188. The van der Waals surface area contributed by atoms with Gasteiger partial charge in [-0.25, -0.2) is 0 Å². The molecule has 1 rings (SSSR count). The molecule has 0 bridgehead atoms. The lowest BCUT2D eigenvalue weighted by Crippen LogP contribution is -2.41. The average molecular weight is 214 g/mol. The second-order valence-electron chi connectivity index (χ2n) is 4.17. The molecule has 0 spiro atoms. The van der Waals surface area contributed by atoms with E-state index in [4.69, 9.17) is 18.0 Å². The van der Waals surface area contributed by atoms with Crippen molar-refractivity contribution in [3.8, 4) is 0 Å². The molecule has 0 radical (unpaired) electrons. The van der Waals surface area contributed by atoms with E-state index in [9.17, 15) is 4.79 Å². The zero-order valence-electron chi connectivity index (χ0n) is 8.80. The van der Waals surface area contributed by atoms with Crippen LogP contribution >= 0.6 is 12.2 Å². The van der Waals surface area contributed by atoms with Crippen molar-refractivity contribution in [1.29, 1.82) is 0 Å². The third-order valence-electron chi connectivity index (χ3n) is 2.96. The number of amides is 1. The van der Waals surface area contributed by atoms with E-state index in [0.717, 1.165) is 25.8 Å². The van der Waals surface area contributed by atoms with Crippen molar-refractivity contribution >= 4 is 23.1 Å². The highest BCUT2D eigenvalue weighted by Crippen LogP contribution is 2.46. The molecule has 1 saturated carbocycles. The van der Waals surface area contributed by atoms with Gasteiger partial charge in [-0.3, -0.25) is 4.79 Å². The molecule has 0 aliphatic heterocycles. The topological polar surface area (TPSA) is 55.1 Å². The highest BCUT2D eigenvalue weighted by Gasteiger charge is 2.52. The van der Waals surface area contributed by atoms with E-state index >= 15 is 0 Å². The summed E-state index contributed by atoms with van der Waals surface area (Å²) in [6, 6.07) is 0. The van der Waals surface area contributed by atoms with E-state index in [1.54, 1.807) is 0 Å². The van der Waals surface area contributed by atoms with Crippen LogP contribution in [0.2, 0.25) is 0 Å². The van der Waals surface area contributed by atoms with E-state index in [-0.39, 0.29) is 5.91 Å². The fraction of sp³-hybridized carbons (Fsp3) is 0.800. The van der Waals surface area contributed by atoms with Gasteiger partial charge in [-0.15, -0.1) is 0 Å². The van der Waals surface area contributed by atoms with Crippen molar-refractivity contribution in [2.24, 2.45) is 17.1 Å². The van der Waals surface area contributed by atoms with Crippen molar-refractivity contribution < 1.29 is 4.79 Å². The van der Waals surface area contributed by atoms with E-state index < -0.39 is 5.41 Å². The SMILES string of the molecule is CCC(C)CNC(=O)C1(C(N)=S)CC1. The second-order valence-corrected chi connectivity index (χ2v) is 4.61. The van der Waals surface area contributed by atoms with Crippen molar-refractivity contribution in [1.82, 2.24) is 5.32 Å². The summed E-state index contributed by atoms with van der Waals surface area (Å²) in [4.78, 5) is 12.1. The Morgan fingerprint density at radius 2 is 2.21 bits per heavy atom. The molecule has 0 aromatic rings. The molecule has 80 valence electrons. The molecule has 1 aliphatic rings. The molecule has 1 aliphatic carbocycles. The molecular weight excluding hydrogens is 196 g/mol. The normalized spacial score (nSPS) is 19.9. The van der Waals surface area contributed by atoms with Crippen LogP contribution in [0.1, 0.15) is 33.1 Å². The van der Waals surface area contributed by atoms with Crippen molar-refractivity contribution in [3.63, 3.8) is 0 Å². The van der Waals surface area contributed by atoms with Crippen LogP contribution in [-0.4, -0.2) is 17.4 Å². The highest BCUT2D eigenvalue weighted by atomic mass is 32.1. The fourth-order valence-electron chi connectivity index (χ4n) is 1.29. The quantitative estimate of drug-likeness (QED) is 0.676. The fourth-order valence-corrected chi connectivity index (χ4v) is 1.59. The van der Waals surface area contributed by atoms with Gasteiger partial charge in [0.1, 0.15) is 0 Å².